The third-order valence-corrected chi connectivity index (χ3v) is 2.00. The molecule has 1 aromatic heterocycles. The van der Waals surface area contributed by atoms with Crippen LogP contribution in [0.1, 0.15) is 23.3 Å². The SMILES string of the molecule is NCCn1cc(C(=O)NCCCCO)nn1. The summed E-state index contributed by atoms with van der Waals surface area (Å²) in [5.74, 6) is -0.249. The van der Waals surface area contributed by atoms with Gasteiger partial charge in [-0.25, -0.2) is 0 Å². The fraction of sp³-hybridized carbons (Fsp3) is 0.667. The summed E-state index contributed by atoms with van der Waals surface area (Å²) >= 11 is 0. The Hall–Kier alpha value is -1.47. The highest BCUT2D eigenvalue weighted by molar-refractivity contribution is 5.91. The quantitative estimate of drug-likeness (QED) is 0.504. The van der Waals surface area contributed by atoms with Gasteiger partial charge >= 0.3 is 0 Å². The fourth-order valence-corrected chi connectivity index (χ4v) is 1.17. The van der Waals surface area contributed by atoms with Crippen LogP contribution in [-0.4, -0.2) is 45.7 Å². The molecule has 0 aliphatic carbocycles. The monoisotopic (exact) mass is 227 g/mol. The number of carbonyl (C=O) groups excluding carboxylic acids is 1. The predicted octanol–water partition coefficient (Wildman–Crippen LogP) is -1.26. The summed E-state index contributed by atoms with van der Waals surface area (Å²) in [4.78, 5) is 11.5. The Morgan fingerprint density at radius 1 is 1.56 bits per heavy atom. The summed E-state index contributed by atoms with van der Waals surface area (Å²) in [5.41, 5.74) is 5.64. The minimum absolute atomic E-state index is 0.141. The van der Waals surface area contributed by atoms with Crippen molar-refractivity contribution in [3.05, 3.63) is 11.9 Å². The zero-order valence-corrected chi connectivity index (χ0v) is 9.09. The van der Waals surface area contributed by atoms with Gasteiger partial charge in [0.15, 0.2) is 5.69 Å². The summed E-state index contributed by atoms with van der Waals surface area (Å²) in [7, 11) is 0. The van der Waals surface area contributed by atoms with Crippen LogP contribution in [0.15, 0.2) is 6.20 Å². The Bertz CT molecular complexity index is 325. The van der Waals surface area contributed by atoms with E-state index >= 15 is 0 Å². The Balaban J connectivity index is 2.34. The molecule has 1 aromatic rings. The topological polar surface area (TPSA) is 106 Å². The van der Waals surface area contributed by atoms with E-state index in [1.807, 2.05) is 0 Å². The molecular formula is C9H17N5O2. The molecule has 90 valence electrons. The summed E-state index contributed by atoms with van der Waals surface area (Å²) in [6.45, 7) is 1.68. The summed E-state index contributed by atoms with van der Waals surface area (Å²) < 4.78 is 1.53. The van der Waals surface area contributed by atoms with Gasteiger partial charge in [-0.3, -0.25) is 9.48 Å². The lowest BCUT2D eigenvalue weighted by molar-refractivity contribution is 0.0947. The van der Waals surface area contributed by atoms with Gasteiger partial charge in [0, 0.05) is 19.7 Å². The van der Waals surface area contributed by atoms with Crippen LogP contribution in [0.5, 0.6) is 0 Å². The van der Waals surface area contributed by atoms with E-state index in [9.17, 15) is 4.79 Å². The van der Waals surface area contributed by atoms with Crippen molar-refractivity contribution in [3.63, 3.8) is 0 Å². The molecule has 0 atom stereocenters. The van der Waals surface area contributed by atoms with Gasteiger partial charge in [0.05, 0.1) is 12.7 Å². The predicted molar refractivity (Wildman–Crippen MR) is 57.7 cm³/mol. The average Bonchev–Trinajstić information content (AvgIpc) is 2.73. The van der Waals surface area contributed by atoms with E-state index in [2.05, 4.69) is 15.6 Å². The van der Waals surface area contributed by atoms with Gasteiger partial charge in [-0.05, 0) is 12.8 Å². The van der Waals surface area contributed by atoms with Crippen LogP contribution in [0.2, 0.25) is 0 Å². The number of unbranched alkanes of at least 4 members (excludes halogenated alkanes) is 1. The highest BCUT2D eigenvalue weighted by atomic mass is 16.2. The molecule has 1 amide bonds. The first-order valence-electron chi connectivity index (χ1n) is 5.27. The molecule has 4 N–H and O–H groups in total. The molecule has 7 nitrogen and oxygen atoms in total. The second-order valence-electron chi connectivity index (χ2n) is 3.34. The molecule has 0 saturated carbocycles. The van der Waals surface area contributed by atoms with E-state index in [1.165, 1.54) is 4.68 Å². The maximum atomic E-state index is 11.5. The van der Waals surface area contributed by atoms with Crippen LogP contribution in [-0.2, 0) is 6.54 Å². The standard InChI is InChI=1S/C9H17N5O2/c10-3-5-14-7-8(12-13-14)9(16)11-4-1-2-6-15/h7,15H,1-6,10H2,(H,11,16). The van der Waals surface area contributed by atoms with Crippen molar-refractivity contribution in [1.29, 1.82) is 0 Å². The van der Waals surface area contributed by atoms with Gasteiger partial charge in [0.2, 0.25) is 0 Å². The number of carbonyl (C=O) groups is 1. The molecule has 0 aliphatic heterocycles. The molecule has 1 heterocycles. The maximum Gasteiger partial charge on any atom is 0.273 e. The minimum atomic E-state index is -0.249. The van der Waals surface area contributed by atoms with Crippen molar-refractivity contribution in [2.75, 3.05) is 19.7 Å². The molecule has 0 saturated heterocycles. The molecule has 0 aromatic carbocycles. The highest BCUT2D eigenvalue weighted by Crippen LogP contribution is 1.93. The van der Waals surface area contributed by atoms with Gasteiger partial charge in [-0.1, -0.05) is 5.21 Å². The maximum absolute atomic E-state index is 11.5. The fourth-order valence-electron chi connectivity index (χ4n) is 1.17. The third kappa shape index (κ3) is 3.95. The zero-order valence-electron chi connectivity index (χ0n) is 9.09. The molecule has 0 fully saturated rings. The number of aromatic nitrogens is 3. The van der Waals surface area contributed by atoms with Crippen molar-refractivity contribution < 1.29 is 9.90 Å². The van der Waals surface area contributed by atoms with Gasteiger partial charge in [-0.15, -0.1) is 5.10 Å². The number of nitrogens with zero attached hydrogens (tertiary/aromatic N) is 3. The van der Waals surface area contributed by atoms with Crippen LogP contribution in [0.3, 0.4) is 0 Å². The van der Waals surface area contributed by atoms with Gasteiger partial charge < -0.3 is 16.2 Å². The number of aliphatic hydroxyl groups excluding tert-OH is 1. The Labute approximate surface area is 93.6 Å². The summed E-state index contributed by atoms with van der Waals surface area (Å²) in [5, 5.41) is 18.7. The lowest BCUT2D eigenvalue weighted by Gasteiger charge is -2.00. The van der Waals surface area contributed by atoms with E-state index in [4.69, 9.17) is 10.8 Å². The van der Waals surface area contributed by atoms with Gasteiger partial charge in [0.25, 0.3) is 5.91 Å². The Morgan fingerprint density at radius 2 is 2.38 bits per heavy atom. The molecule has 1 rings (SSSR count). The first-order valence-corrected chi connectivity index (χ1v) is 5.27. The van der Waals surface area contributed by atoms with Crippen molar-refractivity contribution >= 4 is 5.91 Å². The van der Waals surface area contributed by atoms with Gasteiger partial charge in [-0.2, -0.15) is 0 Å². The Kier molecular flexibility index (Phi) is 5.44. The van der Waals surface area contributed by atoms with Crippen LogP contribution >= 0.6 is 0 Å². The lowest BCUT2D eigenvalue weighted by atomic mass is 10.3. The number of hydrogen-bond acceptors (Lipinski definition) is 5. The third-order valence-electron chi connectivity index (χ3n) is 2.00. The van der Waals surface area contributed by atoms with E-state index in [1.54, 1.807) is 6.20 Å². The van der Waals surface area contributed by atoms with Gasteiger partial charge in [0.1, 0.15) is 0 Å². The van der Waals surface area contributed by atoms with Crippen molar-refractivity contribution in [2.24, 2.45) is 5.73 Å². The second-order valence-corrected chi connectivity index (χ2v) is 3.34. The number of rotatable bonds is 7. The highest BCUT2D eigenvalue weighted by Gasteiger charge is 2.09. The summed E-state index contributed by atoms with van der Waals surface area (Å²) in [6.07, 6.45) is 2.99. The Morgan fingerprint density at radius 3 is 3.06 bits per heavy atom. The number of aliphatic hydroxyl groups is 1. The molecule has 0 spiro atoms. The first-order chi connectivity index (χ1) is 7.77. The number of nitrogens with two attached hydrogens (primary N) is 1. The number of nitrogens with one attached hydrogen (secondary N) is 1. The number of amides is 1. The summed E-state index contributed by atoms with van der Waals surface area (Å²) in [6, 6.07) is 0. The van der Waals surface area contributed by atoms with Crippen LogP contribution in [0.4, 0.5) is 0 Å². The molecule has 0 bridgehead atoms. The van der Waals surface area contributed by atoms with Crippen molar-refractivity contribution in [3.8, 4) is 0 Å². The average molecular weight is 227 g/mol. The molecule has 7 heteroatoms. The van der Waals surface area contributed by atoms with E-state index in [0.717, 1.165) is 6.42 Å². The number of hydrogen-bond donors (Lipinski definition) is 3. The smallest absolute Gasteiger partial charge is 0.273 e. The van der Waals surface area contributed by atoms with Crippen molar-refractivity contribution in [2.45, 2.75) is 19.4 Å². The van der Waals surface area contributed by atoms with Crippen molar-refractivity contribution in [1.82, 2.24) is 20.3 Å². The van der Waals surface area contributed by atoms with Crippen LogP contribution < -0.4 is 11.1 Å². The zero-order chi connectivity index (χ0) is 11.8. The minimum Gasteiger partial charge on any atom is -0.396 e. The normalized spacial score (nSPS) is 10.4. The van der Waals surface area contributed by atoms with Crippen LogP contribution in [0.25, 0.3) is 0 Å². The molecule has 16 heavy (non-hydrogen) atoms. The van der Waals surface area contributed by atoms with E-state index in [-0.39, 0.29) is 18.2 Å². The molecule has 0 radical (unpaired) electrons. The largest absolute Gasteiger partial charge is 0.396 e. The first kappa shape index (κ1) is 12.6. The second kappa shape index (κ2) is 6.91. The molecule has 0 aliphatic rings. The van der Waals surface area contributed by atoms with E-state index < -0.39 is 0 Å². The molecule has 0 unspecified atom stereocenters. The van der Waals surface area contributed by atoms with E-state index in [0.29, 0.717) is 26.1 Å². The van der Waals surface area contributed by atoms with Crippen LogP contribution in [0, 0.1) is 0 Å². The lowest BCUT2D eigenvalue weighted by Crippen LogP contribution is -2.25. The molecular weight excluding hydrogens is 210 g/mol.